The number of aryl methyl sites for hydroxylation is 1. The summed E-state index contributed by atoms with van der Waals surface area (Å²) in [4.78, 5) is 11.9. The molecule has 0 spiro atoms. The summed E-state index contributed by atoms with van der Waals surface area (Å²) in [5.74, 6) is -0.674. The Morgan fingerprint density at radius 3 is 2.50 bits per heavy atom. The van der Waals surface area contributed by atoms with Gasteiger partial charge in [0.2, 0.25) is 5.85 Å². The summed E-state index contributed by atoms with van der Waals surface area (Å²) in [5, 5.41) is 0.678. The Morgan fingerprint density at radius 1 is 1.29 bits per heavy atom. The van der Waals surface area contributed by atoms with Crippen LogP contribution in [0.3, 0.4) is 0 Å². The highest BCUT2D eigenvalue weighted by atomic mass is 35.5. The van der Waals surface area contributed by atoms with Crippen molar-refractivity contribution in [3.8, 4) is 5.75 Å². The number of rotatable bonds is 10. The number of halogens is 1. The molecule has 136 valence electrons. The van der Waals surface area contributed by atoms with Gasteiger partial charge in [-0.3, -0.25) is 9.36 Å². The summed E-state index contributed by atoms with van der Waals surface area (Å²) in [6.07, 6.45) is 0.961. The van der Waals surface area contributed by atoms with E-state index in [1.165, 1.54) is 14.2 Å². The van der Waals surface area contributed by atoms with E-state index in [0.29, 0.717) is 30.2 Å². The van der Waals surface area contributed by atoms with Crippen molar-refractivity contribution in [2.75, 3.05) is 20.8 Å². The van der Waals surface area contributed by atoms with E-state index in [-0.39, 0.29) is 6.42 Å². The topological polar surface area (TPSA) is 71.1 Å². The normalized spacial score (nSPS) is 12.7. The van der Waals surface area contributed by atoms with Gasteiger partial charge >= 0.3 is 13.6 Å². The second-order valence-electron chi connectivity index (χ2n) is 5.12. The molecule has 24 heavy (non-hydrogen) atoms. The average Bonchev–Trinajstić information content (AvgIpc) is 2.58. The molecule has 0 fully saturated rings. The molecule has 0 saturated carbocycles. The zero-order valence-electron chi connectivity index (χ0n) is 14.4. The molecule has 0 aliphatic carbocycles. The SMILES string of the molecule is CCC(OC(=O)CCCOc1ccc(Cl)c(C)c1)P(=O)(OC)OC. The van der Waals surface area contributed by atoms with Crippen LogP contribution in [-0.4, -0.2) is 32.6 Å². The van der Waals surface area contributed by atoms with Gasteiger partial charge in [-0.2, -0.15) is 0 Å². The Labute approximate surface area is 147 Å². The molecule has 8 heteroatoms. The number of carbonyl (C=O) groups excluding carboxylic acids is 1. The van der Waals surface area contributed by atoms with E-state index in [9.17, 15) is 9.36 Å². The first-order valence-electron chi connectivity index (χ1n) is 7.66. The highest BCUT2D eigenvalue weighted by Gasteiger charge is 2.35. The van der Waals surface area contributed by atoms with Crippen LogP contribution < -0.4 is 4.74 Å². The number of esters is 1. The third-order valence-corrected chi connectivity index (χ3v) is 6.02. The minimum absolute atomic E-state index is 0.149. The minimum Gasteiger partial charge on any atom is -0.494 e. The van der Waals surface area contributed by atoms with Crippen LogP contribution in [0.4, 0.5) is 0 Å². The van der Waals surface area contributed by atoms with Crippen molar-refractivity contribution in [3.63, 3.8) is 0 Å². The highest BCUT2D eigenvalue weighted by Crippen LogP contribution is 2.53. The molecule has 0 aliphatic rings. The van der Waals surface area contributed by atoms with Gasteiger partial charge in [-0.25, -0.2) is 0 Å². The van der Waals surface area contributed by atoms with E-state index in [2.05, 4.69) is 0 Å². The number of hydrogen-bond acceptors (Lipinski definition) is 6. The van der Waals surface area contributed by atoms with Gasteiger partial charge in [0.25, 0.3) is 0 Å². The van der Waals surface area contributed by atoms with Gasteiger partial charge in [0.1, 0.15) is 5.75 Å². The van der Waals surface area contributed by atoms with E-state index < -0.39 is 19.4 Å². The number of carbonyl (C=O) groups is 1. The van der Waals surface area contributed by atoms with Crippen LogP contribution >= 0.6 is 19.2 Å². The van der Waals surface area contributed by atoms with Crippen LogP contribution in [0.5, 0.6) is 5.75 Å². The number of benzene rings is 1. The highest BCUT2D eigenvalue weighted by molar-refractivity contribution is 7.54. The van der Waals surface area contributed by atoms with Crippen molar-refractivity contribution in [3.05, 3.63) is 28.8 Å². The van der Waals surface area contributed by atoms with Crippen LogP contribution in [0.25, 0.3) is 0 Å². The molecular weight excluding hydrogens is 355 g/mol. The molecule has 1 aromatic rings. The molecule has 0 aliphatic heterocycles. The standard InChI is InChI=1S/C16H24ClO6P/c1-5-16(24(19,20-3)21-4)23-15(18)7-6-10-22-13-8-9-14(17)12(2)11-13/h8-9,11,16H,5-7,10H2,1-4H3. The number of hydrogen-bond donors (Lipinski definition) is 0. The average molecular weight is 379 g/mol. The fourth-order valence-corrected chi connectivity index (χ4v) is 3.44. The van der Waals surface area contributed by atoms with Gasteiger partial charge in [0, 0.05) is 25.7 Å². The van der Waals surface area contributed by atoms with Gasteiger partial charge in [-0.05, 0) is 43.5 Å². The molecule has 1 aromatic carbocycles. The van der Waals surface area contributed by atoms with Gasteiger partial charge in [-0.1, -0.05) is 18.5 Å². The Hall–Kier alpha value is -1.07. The Balaban J connectivity index is 2.40. The maximum absolute atomic E-state index is 12.2. The van der Waals surface area contributed by atoms with Crippen LogP contribution in [0.2, 0.25) is 5.02 Å². The zero-order chi connectivity index (χ0) is 18.2. The second kappa shape index (κ2) is 10.0. The molecular formula is C16H24ClO6P. The molecule has 0 bridgehead atoms. The monoisotopic (exact) mass is 378 g/mol. The lowest BCUT2D eigenvalue weighted by atomic mass is 10.2. The van der Waals surface area contributed by atoms with Gasteiger partial charge < -0.3 is 18.5 Å². The van der Waals surface area contributed by atoms with Crippen molar-refractivity contribution < 1.29 is 27.9 Å². The molecule has 0 saturated heterocycles. The molecule has 1 atom stereocenters. The first-order chi connectivity index (χ1) is 11.4. The van der Waals surface area contributed by atoms with Crippen LogP contribution in [0.1, 0.15) is 31.7 Å². The second-order valence-corrected chi connectivity index (χ2v) is 7.91. The lowest BCUT2D eigenvalue weighted by Gasteiger charge is -2.23. The summed E-state index contributed by atoms with van der Waals surface area (Å²) in [6.45, 7) is 4.00. The zero-order valence-corrected chi connectivity index (χ0v) is 16.1. The lowest BCUT2D eigenvalue weighted by Crippen LogP contribution is -2.19. The Morgan fingerprint density at radius 2 is 1.96 bits per heavy atom. The van der Waals surface area contributed by atoms with Crippen molar-refractivity contribution >= 4 is 25.2 Å². The van der Waals surface area contributed by atoms with Gasteiger partial charge in [0.05, 0.1) is 6.61 Å². The van der Waals surface area contributed by atoms with E-state index in [1.54, 1.807) is 19.1 Å². The number of ether oxygens (including phenoxy) is 2. The Bertz CT molecular complexity index is 584. The molecule has 0 amide bonds. The predicted molar refractivity (Wildman–Crippen MR) is 92.7 cm³/mol. The quantitative estimate of drug-likeness (QED) is 0.337. The van der Waals surface area contributed by atoms with Gasteiger partial charge in [-0.15, -0.1) is 0 Å². The molecule has 0 radical (unpaired) electrons. The summed E-state index contributed by atoms with van der Waals surface area (Å²) in [5.41, 5.74) is 0.925. The van der Waals surface area contributed by atoms with Crippen molar-refractivity contribution in [2.45, 2.75) is 39.0 Å². The third kappa shape index (κ3) is 6.10. The van der Waals surface area contributed by atoms with E-state index in [0.717, 1.165) is 5.56 Å². The molecule has 6 nitrogen and oxygen atoms in total. The molecule has 1 unspecified atom stereocenters. The smallest absolute Gasteiger partial charge is 0.370 e. The molecule has 0 N–H and O–H groups in total. The van der Waals surface area contributed by atoms with Crippen molar-refractivity contribution in [2.24, 2.45) is 0 Å². The van der Waals surface area contributed by atoms with Crippen molar-refractivity contribution in [1.29, 1.82) is 0 Å². The molecule has 0 heterocycles. The van der Waals surface area contributed by atoms with Crippen LogP contribution in [0, 0.1) is 6.92 Å². The fourth-order valence-electron chi connectivity index (χ4n) is 2.01. The van der Waals surface area contributed by atoms with E-state index >= 15 is 0 Å². The van der Waals surface area contributed by atoms with Crippen molar-refractivity contribution in [1.82, 2.24) is 0 Å². The van der Waals surface area contributed by atoms with Crippen LogP contribution in [0.15, 0.2) is 18.2 Å². The summed E-state index contributed by atoms with van der Waals surface area (Å²) >= 11 is 5.95. The summed E-state index contributed by atoms with van der Waals surface area (Å²) in [6, 6.07) is 5.37. The molecule has 1 rings (SSSR count). The molecule has 0 aromatic heterocycles. The third-order valence-electron chi connectivity index (χ3n) is 3.40. The van der Waals surface area contributed by atoms with Gasteiger partial charge in [0.15, 0.2) is 0 Å². The summed E-state index contributed by atoms with van der Waals surface area (Å²) < 4.78 is 32.7. The van der Waals surface area contributed by atoms with E-state index in [4.69, 9.17) is 30.1 Å². The fraction of sp³-hybridized carbons (Fsp3) is 0.562. The maximum atomic E-state index is 12.2. The lowest BCUT2D eigenvalue weighted by molar-refractivity contribution is -0.146. The first-order valence-corrected chi connectivity index (χ1v) is 9.64. The predicted octanol–water partition coefficient (Wildman–Crippen LogP) is 4.57. The summed E-state index contributed by atoms with van der Waals surface area (Å²) in [7, 11) is -0.896. The van der Waals surface area contributed by atoms with Crippen LogP contribution in [-0.2, 0) is 23.1 Å². The van der Waals surface area contributed by atoms with E-state index in [1.807, 2.05) is 13.0 Å². The largest absolute Gasteiger partial charge is 0.494 e. The minimum atomic E-state index is -3.43. The first kappa shape index (κ1) is 21.0. The maximum Gasteiger partial charge on any atom is 0.370 e. The Kier molecular flexibility index (Phi) is 8.78.